The average Bonchev–Trinajstić information content (AvgIpc) is 3.08. The Balaban J connectivity index is 1.73. The highest BCUT2D eigenvalue weighted by Crippen LogP contribution is 2.30. The molecule has 2 atom stereocenters. The smallest absolute Gasteiger partial charge is 0.193 e. The van der Waals surface area contributed by atoms with Crippen molar-refractivity contribution in [1.82, 2.24) is 9.80 Å². The largest absolute Gasteiger partial charge is 0.295 e. The molecule has 0 amide bonds. The van der Waals surface area contributed by atoms with Crippen LogP contribution in [0.15, 0.2) is 144 Å². The van der Waals surface area contributed by atoms with Crippen molar-refractivity contribution in [3.8, 4) is 0 Å². The van der Waals surface area contributed by atoms with E-state index in [1.54, 1.807) is 0 Å². The molecule has 0 heterocycles. The first-order valence-electron chi connectivity index (χ1n) is 17.0. The lowest BCUT2D eigenvalue weighted by Crippen LogP contribution is -2.45. The monoisotopic (exact) mass is 612 g/mol. The van der Waals surface area contributed by atoms with Gasteiger partial charge in [-0.2, -0.15) is 0 Å². The second-order valence-electron chi connectivity index (χ2n) is 12.6. The molecule has 2 unspecified atom stereocenters. The van der Waals surface area contributed by atoms with Crippen LogP contribution in [0.2, 0.25) is 0 Å². The molecule has 2 aromatic carbocycles. The summed E-state index contributed by atoms with van der Waals surface area (Å²) in [7, 11) is 0. The summed E-state index contributed by atoms with van der Waals surface area (Å²) >= 11 is 0. The second-order valence-corrected chi connectivity index (χ2v) is 12.6. The standard InChI is InChI=1S/C43H52N2O/c1-7-44(8-2)42(5)29-25-37(26-30-42)33-39(23-21-35-17-13-11-14-18-35)41(46)40(24-22-36-19-15-12-16-20-36)34-38-27-31-43(6,32-28-38)45(9-3)10-4/h11-29,31,33-34H,7-10,30,32H2,1-6H3. The van der Waals surface area contributed by atoms with E-state index in [1.807, 2.05) is 72.9 Å². The normalized spacial score (nSPS) is 22.3. The molecule has 3 heteroatoms. The van der Waals surface area contributed by atoms with E-state index in [9.17, 15) is 4.79 Å². The second kappa shape index (κ2) is 16.5. The van der Waals surface area contributed by atoms with E-state index in [0.29, 0.717) is 11.1 Å². The van der Waals surface area contributed by atoms with E-state index in [2.05, 4.69) is 112 Å². The Labute approximate surface area is 278 Å². The van der Waals surface area contributed by atoms with Crippen molar-refractivity contribution >= 4 is 17.9 Å². The van der Waals surface area contributed by atoms with Gasteiger partial charge >= 0.3 is 0 Å². The van der Waals surface area contributed by atoms with Gasteiger partial charge in [-0.3, -0.25) is 14.6 Å². The molecule has 0 aliphatic heterocycles. The number of likely N-dealkylation sites (N-methyl/N-ethyl adjacent to an activating group) is 2. The zero-order valence-corrected chi connectivity index (χ0v) is 28.7. The van der Waals surface area contributed by atoms with Crippen molar-refractivity contribution in [2.45, 2.75) is 65.5 Å². The summed E-state index contributed by atoms with van der Waals surface area (Å²) in [6.07, 6.45) is 27.4. The molecule has 0 saturated heterocycles. The highest BCUT2D eigenvalue weighted by Gasteiger charge is 2.29. The first-order valence-corrected chi connectivity index (χ1v) is 17.0. The Hall–Kier alpha value is -4.05. The fraction of sp³-hybridized carbons (Fsp3) is 0.326. The molecule has 0 bridgehead atoms. The van der Waals surface area contributed by atoms with Gasteiger partial charge in [0.2, 0.25) is 0 Å². The van der Waals surface area contributed by atoms with Crippen LogP contribution < -0.4 is 0 Å². The van der Waals surface area contributed by atoms with E-state index >= 15 is 0 Å². The van der Waals surface area contributed by atoms with E-state index in [4.69, 9.17) is 0 Å². The number of hydrogen-bond donors (Lipinski definition) is 0. The summed E-state index contributed by atoms with van der Waals surface area (Å²) in [5, 5.41) is 0. The molecule has 4 rings (SSSR count). The minimum absolute atomic E-state index is 0.00267. The number of carbonyl (C=O) groups is 1. The van der Waals surface area contributed by atoms with E-state index < -0.39 is 0 Å². The molecule has 240 valence electrons. The maximum atomic E-state index is 14.5. The SMILES string of the molecule is CCN(CC)C1(C)C=CC(C=C(C=Cc2ccccc2)C(=O)C(C=Cc2ccccc2)=CC2=CCC(C)(N(CC)CC)C=C2)=CC1. The molecule has 2 aromatic rings. The molecular weight excluding hydrogens is 560 g/mol. The van der Waals surface area contributed by atoms with Crippen LogP contribution in [0.3, 0.4) is 0 Å². The van der Waals surface area contributed by atoms with Crippen molar-refractivity contribution in [3.05, 3.63) is 155 Å². The van der Waals surface area contributed by atoms with Crippen LogP contribution in [0.25, 0.3) is 12.2 Å². The van der Waals surface area contributed by atoms with Crippen molar-refractivity contribution in [2.24, 2.45) is 0 Å². The molecule has 0 spiro atoms. The molecule has 0 fully saturated rings. The van der Waals surface area contributed by atoms with Gasteiger partial charge in [0, 0.05) is 22.2 Å². The van der Waals surface area contributed by atoms with Crippen LogP contribution in [0.5, 0.6) is 0 Å². The van der Waals surface area contributed by atoms with Crippen molar-refractivity contribution in [1.29, 1.82) is 0 Å². The Morgan fingerprint density at radius 1 is 0.630 bits per heavy atom. The Morgan fingerprint density at radius 2 is 1.00 bits per heavy atom. The van der Waals surface area contributed by atoms with Gasteiger partial charge in [0.1, 0.15) is 0 Å². The number of Topliss-reactive ketones (excluding diaryl/α,β-unsaturated/α-hetero) is 1. The highest BCUT2D eigenvalue weighted by molar-refractivity contribution is 6.13. The predicted octanol–water partition coefficient (Wildman–Crippen LogP) is 9.81. The number of allylic oxidation sites excluding steroid dienone is 10. The minimum Gasteiger partial charge on any atom is -0.295 e. The topological polar surface area (TPSA) is 23.6 Å². The van der Waals surface area contributed by atoms with Crippen LogP contribution in [-0.2, 0) is 4.79 Å². The van der Waals surface area contributed by atoms with Gasteiger partial charge in [-0.15, -0.1) is 0 Å². The number of carbonyl (C=O) groups excluding carboxylic acids is 1. The Bertz CT molecular complexity index is 1440. The molecule has 46 heavy (non-hydrogen) atoms. The fourth-order valence-corrected chi connectivity index (χ4v) is 6.45. The van der Waals surface area contributed by atoms with Crippen LogP contribution in [0.4, 0.5) is 0 Å². The zero-order valence-electron chi connectivity index (χ0n) is 28.7. The zero-order chi connectivity index (χ0) is 33.0. The summed E-state index contributed by atoms with van der Waals surface area (Å²) < 4.78 is 0. The molecule has 0 N–H and O–H groups in total. The van der Waals surface area contributed by atoms with Crippen molar-refractivity contribution in [3.63, 3.8) is 0 Å². The lowest BCUT2D eigenvalue weighted by atomic mass is 9.86. The van der Waals surface area contributed by atoms with Crippen molar-refractivity contribution in [2.75, 3.05) is 26.2 Å². The number of rotatable bonds is 14. The molecule has 2 aliphatic carbocycles. The van der Waals surface area contributed by atoms with E-state index in [0.717, 1.165) is 61.3 Å². The van der Waals surface area contributed by atoms with Gasteiger partial charge in [0.05, 0.1) is 0 Å². The third-order valence-electron chi connectivity index (χ3n) is 9.42. The maximum absolute atomic E-state index is 14.5. The third-order valence-corrected chi connectivity index (χ3v) is 9.42. The highest BCUT2D eigenvalue weighted by atomic mass is 16.1. The Morgan fingerprint density at radius 3 is 1.30 bits per heavy atom. The Kier molecular flexibility index (Phi) is 12.5. The first kappa shape index (κ1) is 34.8. The van der Waals surface area contributed by atoms with Gasteiger partial charge in [0.15, 0.2) is 5.78 Å². The lowest BCUT2D eigenvalue weighted by molar-refractivity contribution is -0.111. The molecule has 3 nitrogen and oxygen atoms in total. The molecular formula is C43H52N2O. The lowest BCUT2D eigenvalue weighted by Gasteiger charge is -2.39. The predicted molar refractivity (Wildman–Crippen MR) is 198 cm³/mol. The summed E-state index contributed by atoms with van der Waals surface area (Å²) in [6.45, 7) is 17.4. The number of nitrogens with zero attached hydrogens (tertiary/aromatic N) is 2. The van der Waals surface area contributed by atoms with Gasteiger partial charge in [-0.1, -0.05) is 149 Å². The summed E-state index contributed by atoms with van der Waals surface area (Å²) in [6, 6.07) is 20.3. The fourth-order valence-electron chi connectivity index (χ4n) is 6.45. The molecule has 2 aliphatic rings. The van der Waals surface area contributed by atoms with Crippen LogP contribution in [0, 0.1) is 0 Å². The number of hydrogen-bond acceptors (Lipinski definition) is 3. The van der Waals surface area contributed by atoms with Gasteiger partial charge in [-0.05, 0) is 87.3 Å². The van der Waals surface area contributed by atoms with Gasteiger partial charge < -0.3 is 0 Å². The minimum atomic E-state index is -0.0200. The number of ketones is 1. The average molecular weight is 613 g/mol. The summed E-state index contributed by atoms with van der Waals surface area (Å²) in [4.78, 5) is 19.5. The quantitative estimate of drug-likeness (QED) is 0.157. The molecule has 0 radical (unpaired) electrons. The molecule has 0 saturated carbocycles. The molecule has 0 aromatic heterocycles. The van der Waals surface area contributed by atoms with Crippen molar-refractivity contribution < 1.29 is 4.79 Å². The van der Waals surface area contributed by atoms with Gasteiger partial charge in [0.25, 0.3) is 0 Å². The van der Waals surface area contributed by atoms with E-state index in [1.165, 1.54) is 0 Å². The van der Waals surface area contributed by atoms with E-state index in [-0.39, 0.29) is 16.9 Å². The number of benzene rings is 2. The van der Waals surface area contributed by atoms with Crippen LogP contribution in [-0.4, -0.2) is 52.8 Å². The van der Waals surface area contributed by atoms with Gasteiger partial charge in [-0.25, -0.2) is 0 Å². The third kappa shape index (κ3) is 9.02. The van der Waals surface area contributed by atoms with Crippen LogP contribution >= 0.6 is 0 Å². The summed E-state index contributed by atoms with van der Waals surface area (Å²) in [5.41, 5.74) is 5.51. The van der Waals surface area contributed by atoms with Crippen LogP contribution in [0.1, 0.15) is 65.5 Å². The summed E-state index contributed by atoms with van der Waals surface area (Å²) in [5.74, 6) is -0.00267. The first-order chi connectivity index (χ1) is 22.2. The maximum Gasteiger partial charge on any atom is 0.193 e.